The Kier molecular flexibility index (Phi) is 3.72. The van der Waals surface area contributed by atoms with E-state index in [9.17, 15) is 5.11 Å². The molecule has 0 radical (unpaired) electrons. The van der Waals surface area contributed by atoms with Crippen LogP contribution in [0.3, 0.4) is 0 Å². The average molecular weight is 271 g/mol. The van der Waals surface area contributed by atoms with Crippen molar-refractivity contribution in [1.29, 1.82) is 0 Å². The van der Waals surface area contributed by atoms with Crippen molar-refractivity contribution >= 4 is 23.2 Å². The summed E-state index contributed by atoms with van der Waals surface area (Å²) in [5.74, 6) is 0. The van der Waals surface area contributed by atoms with Gasteiger partial charge in [-0.2, -0.15) is 5.10 Å². The van der Waals surface area contributed by atoms with Gasteiger partial charge in [-0.15, -0.1) is 0 Å². The zero-order chi connectivity index (χ0) is 12.4. The van der Waals surface area contributed by atoms with Gasteiger partial charge >= 0.3 is 0 Å². The Bertz CT molecular complexity index is 525. The highest BCUT2D eigenvalue weighted by Crippen LogP contribution is 2.25. The lowest BCUT2D eigenvalue weighted by atomic mass is 10.1. The lowest BCUT2D eigenvalue weighted by molar-refractivity contribution is 0.168. The molecule has 1 unspecified atom stereocenters. The highest BCUT2D eigenvalue weighted by atomic mass is 35.5. The molecule has 90 valence electrons. The van der Waals surface area contributed by atoms with E-state index in [1.54, 1.807) is 36.1 Å². The molecule has 0 aliphatic carbocycles. The number of aromatic nitrogens is 2. The minimum absolute atomic E-state index is 0.440. The summed E-state index contributed by atoms with van der Waals surface area (Å²) in [4.78, 5) is 0. The van der Waals surface area contributed by atoms with Gasteiger partial charge in [0, 0.05) is 29.7 Å². The predicted molar refractivity (Wildman–Crippen MR) is 68.3 cm³/mol. The van der Waals surface area contributed by atoms with Gasteiger partial charge in [-0.1, -0.05) is 29.3 Å². The molecule has 0 aliphatic heterocycles. The third-order valence-electron chi connectivity index (χ3n) is 2.63. The molecular weight excluding hydrogens is 259 g/mol. The van der Waals surface area contributed by atoms with E-state index >= 15 is 0 Å². The van der Waals surface area contributed by atoms with Crippen molar-refractivity contribution in [3.63, 3.8) is 0 Å². The Labute approximate surface area is 110 Å². The number of aliphatic hydroxyl groups excluding tert-OH is 1. The molecule has 0 aliphatic rings. The molecule has 1 heterocycles. The third-order valence-corrected chi connectivity index (χ3v) is 3.22. The molecule has 1 aromatic carbocycles. The van der Waals surface area contributed by atoms with Crippen molar-refractivity contribution in [1.82, 2.24) is 9.78 Å². The molecule has 2 aromatic rings. The number of rotatable bonds is 3. The van der Waals surface area contributed by atoms with Crippen molar-refractivity contribution in [2.24, 2.45) is 7.05 Å². The van der Waals surface area contributed by atoms with Crippen LogP contribution in [0.4, 0.5) is 0 Å². The van der Waals surface area contributed by atoms with Crippen molar-refractivity contribution in [2.45, 2.75) is 12.5 Å². The molecule has 5 heteroatoms. The minimum Gasteiger partial charge on any atom is -0.386 e. The Hall–Kier alpha value is -1.03. The maximum Gasteiger partial charge on any atom is 0.0997 e. The Morgan fingerprint density at radius 1 is 1.35 bits per heavy atom. The molecule has 3 nitrogen and oxygen atoms in total. The van der Waals surface area contributed by atoms with Gasteiger partial charge in [-0.05, 0) is 23.8 Å². The van der Waals surface area contributed by atoms with E-state index in [2.05, 4.69) is 5.10 Å². The zero-order valence-electron chi connectivity index (χ0n) is 9.27. The number of hydrogen-bond acceptors (Lipinski definition) is 2. The summed E-state index contributed by atoms with van der Waals surface area (Å²) in [5, 5.41) is 15.3. The first kappa shape index (κ1) is 12.4. The number of halogens is 2. The Balaban J connectivity index is 2.19. The van der Waals surface area contributed by atoms with Crippen LogP contribution in [-0.4, -0.2) is 14.9 Å². The fraction of sp³-hybridized carbons (Fsp3) is 0.250. The first-order valence-corrected chi connectivity index (χ1v) is 5.93. The van der Waals surface area contributed by atoms with Gasteiger partial charge in [0.25, 0.3) is 0 Å². The fourth-order valence-electron chi connectivity index (χ4n) is 1.71. The van der Waals surface area contributed by atoms with E-state index in [1.165, 1.54) is 0 Å². The maximum absolute atomic E-state index is 10.1. The van der Waals surface area contributed by atoms with Crippen LogP contribution in [0.5, 0.6) is 0 Å². The molecule has 2 rings (SSSR count). The number of benzene rings is 1. The van der Waals surface area contributed by atoms with Gasteiger partial charge in [0.2, 0.25) is 0 Å². The third kappa shape index (κ3) is 2.80. The van der Waals surface area contributed by atoms with Crippen molar-refractivity contribution < 1.29 is 5.11 Å². The summed E-state index contributed by atoms with van der Waals surface area (Å²) in [6.07, 6.45) is 1.47. The van der Waals surface area contributed by atoms with Gasteiger partial charge < -0.3 is 5.11 Å². The largest absolute Gasteiger partial charge is 0.386 e. The van der Waals surface area contributed by atoms with Gasteiger partial charge in [0.1, 0.15) is 0 Å². The Morgan fingerprint density at radius 3 is 2.71 bits per heavy atom. The van der Waals surface area contributed by atoms with Crippen molar-refractivity contribution in [3.05, 3.63) is 51.8 Å². The molecule has 0 saturated carbocycles. The van der Waals surface area contributed by atoms with E-state index < -0.39 is 6.10 Å². The summed E-state index contributed by atoms with van der Waals surface area (Å²) in [6, 6.07) is 7.05. The summed E-state index contributed by atoms with van der Waals surface area (Å²) in [5.41, 5.74) is 1.63. The zero-order valence-corrected chi connectivity index (χ0v) is 10.8. The van der Waals surface area contributed by atoms with Crippen LogP contribution >= 0.6 is 23.2 Å². The average Bonchev–Trinajstić information content (AvgIpc) is 2.68. The van der Waals surface area contributed by atoms with Crippen LogP contribution in [0.15, 0.2) is 30.5 Å². The van der Waals surface area contributed by atoms with E-state index in [1.807, 2.05) is 6.07 Å². The topological polar surface area (TPSA) is 38.0 Å². The van der Waals surface area contributed by atoms with Gasteiger partial charge in [-0.3, -0.25) is 4.68 Å². The smallest absolute Gasteiger partial charge is 0.0997 e. The minimum atomic E-state index is -0.624. The first-order valence-electron chi connectivity index (χ1n) is 5.18. The van der Waals surface area contributed by atoms with Crippen molar-refractivity contribution in [2.75, 3.05) is 0 Å². The molecule has 1 N–H and O–H groups in total. The van der Waals surface area contributed by atoms with Crippen LogP contribution in [0, 0.1) is 0 Å². The summed E-state index contributed by atoms with van der Waals surface area (Å²) < 4.78 is 1.65. The quantitative estimate of drug-likeness (QED) is 0.931. The highest BCUT2D eigenvalue weighted by molar-refractivity contribution is 6.35. The highest BCUT2D eigenvalue weighted by Gasteiger charge is 2.14. The standard InChI is InChI=1S/C12H12Cl2N2O/c1-16-11(4-5-15-16)12(17)6-8-2-3-9(13)7-10(8)14/h2-5,7,12,17H,6H2,1H3. The molecule has 0 bridgehead atoms. The molecular formula is C12H12Cl2N2O. The normalized spacial score (nSPS) is 12.7. The lowest BCUT2D eigenvalue weighted by Gasteiger charge is -2.12. The SMILES string of the molecule is Cn1nccc1C(O)Cc1ccc(Cl)cc1Cl. The van der Waals surface area contributed by atoms with Crippen LogP contribution < -0.4 is 0 Å². The molecule has 17 heavy (non-hydrogen) atoms. The van der Waals surface area contributed by atoms with E-state index in [0.29, 0.717) is 16.5 Å². The summed E-state index contributed by atoms with van der Waals surface area (Å²) in [6.45, 7) is 0. The van der Waals surface area contributed by atoms with Crippen LogP contribution in [0.25, 0.3) is 0 Å². The van der Waals surface area contributed by atoms with E-state index in [0.717, 1.165) is 11.3 Å². The molecule has 0 fully saturated rings. The molecule has 0 spiro atoms. The number of nitrogens with zero attached hydrogens (tertiary/aromatic N) is 2. The summed E-state index contributed by atoms with van der Waals surface area (Å²) >= 11 is 11.9. The number of aliphatic hydroxyl groups is 1. The van der Waals surface area contributed by atoms with Crippen LogP contribution in [0.1, 0.15) is 17.4 Å². The second-order valence-electron chi connectivity index (χ2n) is 3.84. The molecule has 0 amide bonds. The maximum atomic E-state index is 10.1. The molecule has 0 saturated heterocycles. The lowest BCUT2D eigenvalue weighted by Crippen LogP contribution is -2.08. The van der Waals surface area contributed by atoms with Crippen molar-refractivity contribution in [3.8, 4) is 0 Å². The fourth-order valence-corrected chi connectivity index (χ4v) is 2.20. The predicted octanol–water partition coefficient (Wildman–Crippen LogP) is 3.00. The van der Waals surface area contributed by atoms with E-state index in [-0.39, 0.29) is 0 Å². The second kappa shape index (κ2) is 5.08. The van der Waals surface area contributed by atoms with Gasteiger partial charge in [0.05, 0.1) is 11.8 Å². The molecule has 1 aromatic heterocycles. The number of aryl methyl sites for hydroxylation is 1. The second-order valence-corrected chi connectivity index (χ2v) is 4.68. The van der Waals surface area contributed by atoms with Crippen LogP contribution in [-0.2, 0) is 13.5 Å². The van der Waals surface area contributed by atoms with Gasteiger partial charge in [0.15, 0.2) is 0 Å². The first-order chi connectivity index (χ1) is 8.08. The monoisotopic (exact) mass is 270 g/mol. The number of hydrogen-bond donors (Lipinski definition) is 1. The molecule has 1 atom stereocenters. The van der Waals surface area contributed by atoms with Crippen LogP contribution in [0.2, 0.25) is 10.0 Å². The summed E-state index contributed by atoms with van der Waals surface area (Å²) in [7, 11) is 1.79. The van der Waals surface area contributed by atoms with Gasteiger partial charge in [-0.25, -0.2) is 0 Å². The van der Waals surface area contributed by atoms with E-state index in [4.69, 9.17) is 23.2 Å². The Morgan fingerprint density at radius 2 is 2.12 bits per heavy atom.